The fraction of sp³-hybridized carbons (Fsp3) is 0.478. The first-order valence-corrected chi connectivity index (χ1v) is 11.6. The minimum atomic E-state index is -2.75. The van der Waals surface area contributed by atoms with Crippen LogP contribution in [0, 0.1) is 16.7 Å². The van der Waals surface area contributed by atoms with Gasteiger partial charge in [0.1, 0.15) is 21.9 Å². The van der Waals surface area contributed by atoms with E-state index >= 15 is 0 Å². The highest BCUT2D eigenvalue weighted by Gasteiger charge is 2.39. The van der Waals surface area contributed by atoms with Gasteiger partial charge < -0.3 is 20.4 Å². The number of carbonyl (C=O) groups is 3. The Morgan fingerprint density at radius 2 is 2.00 bits per heavy atom. The maximum absolute atomic E-state index is 12.9. The predicted molar refractivity (Wildman–Crippen MR) is 128 cm³/mol. The fourth-order valence-corrected chi connectivity index (χ4v) is 4.52. The van der Waals surface area contributed by atoms with Crippen molar-refractivity contribution in [2.45, 2.75) is 39.4 Å². The molecule has 1 aliphatic heterocycles. The average Bonchev–Trinajstić information content (AvgIpc) is 3.10. The van der Waals surface area contributed by atoms with Crippen LogP contribution in [0.2, 0.25) is 0 Å². The van der Waals surface area contributed by atoms with Crippen LogP contribution in [0.1, 0.15) is 27.7 Å². The Morgan fingerprint density at radius 3 is 2.56 bits per heavy atom. The third-order valence-corrected chi connectivity index (χ3v) is 6.30. The van der Waals surface area contributed by atoms with Crippen LogP contribution in [0.3, 0.4) is 0 Å². The quantitative estimate of drug-likeness (QED) is 0.426. The predicted octanol–water partition coefficient (Wildman–Crippen LogP) is 3.19. The molecule has 1 aromatic rings. The molecule has 34 heavy (non-hydrogen) atoms. The van der Waals surface area contributed by atoms with Crippen LogP contribution in [0.4, 0.5) is 20.2 Å². The normalized spacial score (nSPS) is 17.4. The van der Waals surface area contributed by atoms with Crippen molar-refractivity contribution in [3.8, 4) is 6.07 Å². The molecule has 3 amide bonds. The summed E-state index contributed by atoms with van der Waals surface area (Å²) in [7, 11) is 1.70. The number of thioether (sulfide) groups is 1. The number of alkyl halides is 2. The Hall–Kier alpha value is -3.13. The summed E-state index contributed by atoms with van der Waals surface area (Å²) in [5.74, 6) is -1.28. The number of nitrogens with one attached hydrogen (secondary N) is 2. The van der Waals surface area contributed by atoms with Gasteiger partial charge in [0.2, 0.25) is 11.8 Å². The Kier molecular flexibility index (Phi) is 9.04. The van der Waals surface area contributed by atoms with Gasteiger partial charge in [-0.2, -0.15) is 5.26 Å². The first-order valence-electron chi connectivity index (χ1n) is 10.7. The van der Waals surface area contributed by atoms with E-state index in [4.69, 9.17) is 0 Å². The molecule has 2 rings (SSSR count). The first kappa shape index (κ1) is 27.1. The lowest BCUT2D eigenvalue weighted by atomic mass is 9.94. The topological polar surface area (TPSA) is 106 Å². The van der Waals surface area contributed by atoms with E-state index in [1.807, 2.05) is 26.1 Å². The van der Waals surface area contributed by atoms with Crippen molar-refractivity contribution in [3.63, 3.8) is 0 Å². The second-order valence-electron chi connectivity index (χ2n) is 8.63. The Bertz CT molecular complexity index is 1020. The molecule has 0 spiro atoms. The van der Waals surface area contributed by atoms with Gasteiger partial charge in [-0.1, -0.05) is 38.6 Å². The molecule has 1 aromatic carbocycles. The van der Waals surface area contributed by atoms with Gasteiger partial charge in [-0.05, 0) is 25.1 Å². The molecule has 1 atom stereocenters. The Morgan fingerprint density at radius 1 is 1.32 bits per heavy atom. The largest absolute Gasteiger partial charge is 0.383 e. The minimum absolute atomic E-state index is 0.0475. The van der Waals surface area contributed by atoms with Crippen molar-refractivity contribution < 1.29 is 23.2 Å². The summed E-state index contributed by atoms with van der Waals surface area (Å²) in [6.45, 7) is 6.75. The summed E-state index contributed by atoms with van der Waals surface area (Å²) >= 11 is 1.04. The van der Waals surface area contributed by atoms with Gasteiger partial charge in [-0.25, -0.2) is 8.78 Å². The number of hydrogen-bond donors (Lipinski definition) is 2. The van der Waals surface area contributed by atoms with Crippen molar-refractivity contribution in [1.29, 1.82) is 5.26 Å². The zero-order chi connectivity index (χ0) is 25.6. The third kappa shape index (κ3) is 6.47. The lowest BCUT2D eigenvalue weighted by Gasteiger charge is -2.26. The monoisotopic (exact) mass is 493 g/mol. The number of halogens is 2. The molecule has 11 heteroatoms. The summed E-state index contributed by atoms with van der Waals surface area (Å²) in [5.41, 5.74) is 0.466. The number of carbonyl (C=O) groups excluding carboxylic acids is 3. The minimum Gasteiger partial charge on any atom is -0.383 e. The van der Waals surface area contributed by atoms with Crippen LogP contribution in [0.15, 0.2) is 34.9 Å². The van der Waals surface area contributed by atoms with Gasteiger partial charge in [0.15, 0.2) is 0 Å². The molecule has 0 unspecified atom stereocenters. The highest BCUT2D eigenvalue weighted by atomic mass is 32.2. The van der Waals surface area contributed by atoms with Crippen molar-refractivity contribution in [2.75, 3.05) is 36.9 Å². The number of anilines is 2. The van der Waals surface area contributed by atoms with Crippen molar-refractivity contribution in [2.24, 2.45) is 5.41 Å². The number of rotatable bonds is 8. The number of hydrogen-bond acceptors (Lipinski definition) is 6. The maximum atomic E-state index is 12.9. The highest BCUT2D eigenvalue weighted by Crippen LogP contribution is 2.37. The molecule has 0 aliphatic carbocycles. The standard InChI is InChI=1S/C23H29F2N5O3S/c1-6-30-20(32)17(34-21(30)16(11-26)19(31)28-13-18(24)25)12-27-14-8-7-9-15(10-14)29(5)22(33)23(2,3)4/h7-10,17-18,27H,6,12-13H2,1-5H3,(H,28,31)/b21-16-/t17-/m1/s1. The fourth-order valence-electron chi connectivity index (χ4n) is 3.25. The number of nitrogens with zero attached hydrogens (tertiary/aromatic N) is 3. The molecule has 0 radical (unpaired) electrons. The third-order valence-electron chi connectivity index (χ3n) is 5.00. The Labute approximate surface area is 202 Å². The lowest BCUT2D eigenvalue weighted by molar-refractivity contribution is -0.127. The molecule has 8 nitrogen and oxygen atoms in total. The summed E-state index contributed by atoms with van der Waals surface area (Å²) in [5, 5.41) is 14.1. The molecular weight excluding hydrogens is 464 g/mol. The molecule has 1 aliphatic rings. The molecule has 2 N–H and O–H groups in total. The summed E-state index contributed by atoms with van der Waals surface area (Å²) in [4.78, 5) is 40.5. The van der Waals surface area contributed by atoms with E-state index in [9.17, 15) is 28.4 Å². The number of amides is 3. The highest BCUT2D eigenvalue weighted by molar-refractivity contribution is 8.04. The van der Waals surface area contributed by atoms with E-state index in [0.29, 0.717) is 11.4 Å². The van der Waals surface area contributed by atoms with Gasteiger partial charge in [0, 0.05) is 36.9 Å². The molecule has 1 fully saturated rings. The zero-order valence-electron chi connectivity index (χ0n) is 19.8. The van der Waals surface area contributed by atoms with E-state index in [1.54, 1.807) is 49.2 Å². The van der Waals surface area contributed by atoms with E-state index in [1.165, 1.54) is 4.90 Å². The van der Waals surface area contributed by atoms with Crippen molar-refractivity contribution in [1.82, 2.24) is 10.2 Å². The zero-order valence-corrected chi connectivity index (χ0v) is 20.6. The van der Waals surface area contributed by atoms with E-state index in [2.05, 4.69) is 5.32 Å². The second kappa shape index (κ2) is 11.3. The second-order valence-corrected chi connectivity index (χ2v) is 9.82. The molecule has 1 heterocycles. The van der Waals surface area contributed by atoms with Gasteiger partial charge in [-0.15, -0.1) is 0 Å². The maximum Gasteiger partial charge on any atom is 0.264 e. The van der Waals surface area contributed by atoms with E-state index in [-0.39, 0.29) is 35.5 Å². The molecule has 0 bridgehead atoms. The number of nitriles is 1. The molecule has 0 saturated carbocycles. The SMILES string of the molecule is CCN1C(=O)[C@@H](CNc2cccc(N(C)C(=O)C(C)(C)C)c2)S/C1=C(/C#N)C(=O)NCC(F)F. The number of benzene rings is 1. The van der Waals surface area contributed by atoms with Crippen LogP contribution in [-0.2, 0) is 14.4 Å². The first-order chi connectivity index (χ1) is 15.9. The molecule has 1 saturated heterocycles. The van der Waals surface area contributed by atoms with Crippen molar-refractivity contribution >= 4 is 40.9 Å². The van der Waals surface area contributed by atoms with Crippen LogP contribution < -0.4 is 15.5 Å². The Balaban J connectivity index is 2.17. The average molecular weight is 494 g/mol. The molecular formula is C23H29F2N5O3S. The summed E-state index contributed by atoms with van der Waals surface area (Å²) in [6.07, 6.45) is -2.75. The van der Waals surface area contributed by atoms with Crippen LogP contribution in [0.5, 0.6) is 0 Å². The lowest BCUT2D eigenvalue weighted by Crippen LogP contribution is -2.36. The molecule has 184 valence electrons. The van der Waals surface area contributed by atoms with Gasteiger partial charge in [0.25, 0.3) is 12.3 Å². The van der Waals surface area contributed by atoms with Crippen LogP contribution in [0.25, 0.3) is 0 Å². The van der Waals surface area contributed by atoms with Crippen LogP contribution >= 0.6 is 11.8 Å². The molecule has 0 aromatic heterocycles. The van der Waals surface area contributed by atoms with Gasteiger partial charge in [0.05, 0.1) is 6.54 Å². The smallest absolute Gasteiger partial charge is 0.264 e. The van der Waals surface area contributed by atoms with Crippen molar-refractivity contribution in [3.05, 3.63) is 34.9 Å². The van der Waals surface area contributed by atoms with E-state index < -0.39 is 29.5 Å². The van der Waals surface area contributed by atoms with Gasteiger partial charge >= 0.3 is 0 Å². The van der Waals surface area contributed by atoms with Gasteiger partial charge in [-0.3, -0.25) is 14.4 Å². The summed E-state index contributed by atoms with van der Waals surface area (Å²) < 4.78 is 24.9. The van der Waals surface area contributed by atoms with E-state index in [0.717, 1.165) is 11.8 Å². The summed E-state index contributed by atoms with van der Waals surface area (Å²) in [6, 6.07) is 8.93. The van der Waals surface area contributed by atoms with Crippen LogP contribution in [-0.4, -0.2) is 61.0 Å².